The molecule has 0 aliphatic heterocycles. The first-order valence-electron chi connectivity index (χ1n) is 6.85. The Balaban J connectivity index is 1.91. The van der Waals surface area contributed by atoms with Crippen LogP contribution in [0.5, 0.6) is 0 Å². The van der Waals surface area contributed by atoms with Gasteiger partial charge in [0.1, 0.15) is 0 Å². The van der Waals surface area contributed by atoms with E-state index in [2.05, 4.69) is 20.8 Å². The highest BCUT2D eigenvalue weighted by molar-refractivity contribution is 6.04. The largest absolute Gasteiger partial charge is 0.322 e. The van der Waals surface area contributed by atoms with Crippen LogP contribution in [0.4, 0.5) is 23.2 Å². The second-order valence-electron chi connectivity index (χ2n) is 5.01. The van der Waals surface area contributed by atoms with Gasteiger partial charge in [0.2, 0.25) is 0 Å². The highest BCUT2D eigenvalue weighted by atomic mass is 19.2. The van der Waals surface area contributed by atoms with Crippen LogP contribution in [0.2, 0.25) is 0 Å². The van der Waals surface area contributed by atoms with Crippen molar-refractivity contribution in [3.05, 3.63) is 59.2 Å². The fourth-order valence-corrected chi connectivity index (χ4v) is 2.15. The summed E-state index contributed by atoms with van der Waals surface area (Å²) in [5, 5.41) is 13.2. The van der Waals surface area contributed by atoms with Crippen LogP contribution in [0.15, 0.2) is 30.3 Å². The molecule has 0 spiro atoms. The molecule has 0 radical (unpaired) electrons. The van der Waals surface area contributed by atoms with Crippen LogP contribution in [0.3, 0.4) is 0 Å². The van der Waals surface area contributed by atoms with E-state index in [4.69, 9.17) is 0 Å². The Hall–Kier alpha value is -3.30. The Morgan fingerprint density at radius 1 is 1.08 bits per heavy atom. The lowest BCUT2D eigenvalue weighted by atomic mass is 10.1. The van der Waals surface area contributed by atoms with E-state index in [0.717, 1.165) is 0 Å². The molecule has 0 aliphatic rings. The van der Waals surface area contributed by atoms with E-state index in [9.17, 15) is 22.4 Å². The van der Waals surface area contributed by atoms with Gasteiger partial charge in [-0.1, -0.05) is 12.1 Å². The number of hydrogen-bond donors (Lipinski definition) is 1. The van der Waals surface area contributed by atoms with Gasteiger partial charge >= 0.3 is 0 Å². The third-order valence-electron chi connectivity index (χ3n) is 3.35. The molecule has 0 saturated heterocycles. The number of amides is 1. The van der Waals surface area contributed by atoms with Crippen LogP contribution in [0.1, 0.15) is 10.4 Å². The molecule has 2 aromatic carbocycles. The van der Waals surface area contributed by atoms with Crippen LogP contribution in [0.25, 0.3) is 11.4 Å². The topological polar surface area (TPSA) is 72.7 Å². The number of anilines is 1. The van der Waals surface area contributed by atoms with E-state index < -0.39 is 34.7 Å². The molecular formula is C15H9F4N5O. The van der Waals surface area contributed by atoms with Gasteiger partial charge in [-0.25, -0.2) is 22.2 Å². The van der Waals surface area contributed by atoms with Crippen molar-refractivity contribution in [1.29, 1.82) is 0 Å². The lowest BCUT2D eigenvalue weighted by Gasteiger charge is -2.09. The Morgan fingerprint density at radius 2 is 1.84 bits per heavy atom. The van der Waals surface area contributed by atoms with Gasteiger partial charge < -0.3 is 5.32 Å². The van der Waals surface area contributed by atoms with Crippen molar-refractivity contribution in [2.75, 3.05) is 5.32 Å². The maximum atomic E-state index is 13.7. The molecule has 0 atom stereocenters. The minimum Gasteiger partial charge on any atom is -0.322 e. The molecular weight excluding hydrogens is 342 g/mol. The Kier molecular flexibility index (Phi) is 4.17. The minimum atomic E-state index is -2.05. The standard InChI is InChI=1S/C15H9F4N5O/c1-24-14(21-22-23-24)7-3-2-4-8(5-7)20-15(25)9-6-10(16)12(18)13(19)11(9)17/h2-6H,1H3,(H,20,25). The molecule has 1 N–H and O–H groups in total. The van der Waals surface area contributed by atoms with Crippen molar-refractivity contribution < 1.29 is 22.4 Å². The zero-order chi connectivity index (χ0) is 18.1. The van der Waals surface area contributed by atoms with E-state index in [1.165, 1.54) is 16.8 Å². The summed E-state index contributed by atoms with van der Waals surface area (Å²) in [6, 6.07) is 6.48. The zero-order valence-electron chi connectivity index (χ0n) is 12.6. The number of rotatable bonds is 3. The number of tetrazole rings is 1. The molecule has 1 aromatic heterocycles. The van der Waals surface area contributed by atoms with Crippen molar-refractivity contribution in [2.24, 2.45) is 7.05 Å². The second kappa shape index (κ2) is 6.30. The predicted molar refractivity (Wildman–Crippen MR) is 78.5 cm³/mol. The normalized spacial score (nSPS) is 10.8. The molecule has 0 unspecified atom stereocenters. The molecule has 25 heavy (non-hydrogen) atoms. The molecule has 3 rings (SSSR count). The first-order chi connectivity index (χ1) is 11.9. The third-order valence-corrected chi connectivity index (χ3v) is 3.35. The number of hydrogen-bond acceptors (Lipinski definition) is 4. The second-order valence-corrected chi connectivity index (χ2v) is 5.01. The number of nitrogens with one attached hydrogen (secondary N) is 1. The molecule has 1 heterocycles. The molecule has 0 aliphatic carbocycles. The number of halogens is 4. The lowest BCUT2D eigenvalue weighted by Crippen LogP contribution is -2.16. The van der Waals surface area contributed by atoms with Gasteiger partial charge in [-0.2, -0.15) is 0 Å². The average Bonchev–Trinajstić information content (AvgIpc) is 3.02. The van der Waals surface area contributed by atoms with Crippen LogP contribution in [0, 0.1) is 23.3 Å². The van der Waals surface area contributed by atoms with E-state index in [1.807, 2.05) is 0 Å². The smallest absolute Gasteiger partial charge is 0.258 e. The molecule has 1 amide bonds. The number of aryl methyl sites for hydroxylation is 1. The van der Waals surface area contributed by atoms with Crippen molar-refractivity contribution in [3.8, 4) is 11.4 Å². The molecule has 0 bridgehead atoms. The molecule has 3 aromatic rings. The van der Waals surface area contributed by atoms with E-state index in [1.54, 1.807) is 19.2 Å². The molecule has 128 valence electrons. The first-order valence-corrected chi connectivity index (χ1v) is 6.85. The predicted octanol–water partition coefficient (Wildman–Crippen LogP) is 2.69. The first kappa shape index (κ1) is 16.6. The monoisotopic (exact) mass is 351 g/mol. The number of benzene rings is 2. The maximum Gasteiger partial charge on any atom is 0.258 e. The molecule has 0 fully saturated rings. The van der Waals surface area contributed by atoms with Crippen molar-refractivity contribution in [2.45, 2.75) is 0 Å². The van der Waals surface area contributed by atoms with E-state index >= 15 is 0 Å². The fraction of sp³-hybridized carbons (Fsp3) is 0.0667. The quantitative estimate of drug-likeness (QED) is 0.447. The summed E-state index contributed by atoms with van der Waals surface area (Å²) in [6.07, 6.45) is 0. The minimum absolute atomic E-state index is 0.204. The van der Waals surface area contributed by atoms with E-state index in [0.29, 0.717) is 17.5 Å². The Labute approximate surface area is 138 Å². The molecule has 10 heteroatoms. The number of aromatic nitrogens is 4. The lowest BCUT2D eigenvalue weighted by molar-refractivity contribution is 0.102. The number of nitrogens with zero attached hydrogens (tertiary/aromatic N) is 4. The fourth-order valence-electron chi connectivity index (χ4n) is 2.15. The summed E-state index contributed by atoms with van der Waals surface area (Å²) in [5.74, 6) is -8.20. The summed E-state index contributed by atoms with van der Waals surface area (Å²) in [5.41, 5.74) is -0.209. The van der Waals surface area contributed by atoms with Gasteiger partial charge in [0.05, 0.1) is 5.56 Å². The highest BCUT2D eigenvalue weighted by Crippen LogP contribution is 2.22. The van der Waals surface area contributed by atoms with Gasteiger partial charge in [-0.15, -0.1) is 5.10 Å². The van der Waals surface area contributed by atoms with Gasteiger partial charge in [0.15, 0.2) is 29.1 Å². The number of carbonyl (C=O) groups is 1. The van der Waals surface area contributed by atoms with Crippen LogP contribution < -0.4 is 5.32 Å². The summed E-state index contributed by atoms with van der Waals surface area (Å²) in [7, 11) is 1.61. The SMILES string of the molecule is Cn1nnnc1-c1cccc(NC(=O)c2cc(F)c(F)c(F)c2F)c1. The molecule has 0 saturated carbocycles. The highest BCUT2D eigenvalue weighted by Gasteiger charge is 2.23. The summed E-state index contributed by atoms with van der Waals surface area (Å²) >= 11 is 0. The van der Waals surface area contributed by atoms with Crippen molar-refractivity contribution in [3.63, 3.8) is 0 Å². The van der Waals surface area contributed by atoms with Crippen molar-refractivity contribution >= 4 is 11.6 Å². The van der Waals surface area contributed by atoms with Crippen LogP contribution in [-0.2, 0) is 7.05 Å². The van der Waals surface area contributed by atoms with Crippen LogP contribution >= 0.6 is 0 Å². The van der Waals surface area contributed by atoms with Gasteiger partial charge in [0.25, 0.3) is 5.91 Å². The number of carbonyl (C=O) groups excluding carboxylic acids is 1. The maximum absolute atomic E-state index is 13.7. The van der Waals surface area contributed by atoms with Gasteiger partial charge in [-0.05, 0) is 28.6 Å². The summed E-state index contributed by atoms with van der Waals surface area (Å²) < 4.78 is 54.5. The molecule has 6 nitrogen and oxygen atoms in total. The summed E-state index contributed by atoms with van der Waals surface area (Å²) in [6.45, 7) is 0. The van der Waals surface area contributed by atoms with E-state index in [-0.39, 0.29) is 5.69 Å². The summed E-state index contributed by atoms with van der Waals surface area (Å²) in [4.78, 5) is 12.1. The Morgan fingerprint density at radius 3 is 2.52 bits per heavy atom. The average molecular weight is 351 g/mol. The Bertz CT molecular complexity index is 973. The van der Waals surface area contributed by atoms with Crippen molar-refractivity contribution in [1.82, 2.24) is 20.2 Å². The zero-order valence-corrected chi connectivity index (χ0v) is 12.6. The van der Waals surface area contributed by atoms with Crippen LogP contribution in [-0.4, -0.2) is 26.1 Å². The van der Waals surface area contributed by atoms with Gasteiger partial charge in [0, 0.05) is 18.3 Å². The third kappa shape index (κ3) is 3.05. The van der Waals surface area contributed by atoms with Gasteiger partial charge in [-0.3, -0.25) is 4.79 Å².